The van der Waals surface area contributed by atoms with Gasteiger partial charge in [0.2, 0.25) is 5.95 Å². The molecular weight excluding hydrogens is 520 g/mol. The number of fused-ring (bicyclic) bond motifs is 4. The van der Waals surface area contributed by atoms with E-state index in [1.807, 2.05) is 17.2 Å². The lowest BCUT2D eigenvalue weighted by Crippen LogP contribution is -2.57. The first kappa shape index (κ1) is 25.2. The van der Waals surface area contributed by atoms with Gasteiger partial charge in [-0.3, -0.25) is 4.98 Å². The van der Waals surface area contributed by atoms with Gasteiger partial charge in [0, 0.05) is 35.6 Å². The molecule has 39 heavy (non-hydrogen) atoms. The molecule has 2 aliphatic heterocycles. The molecule has 0 amide bonds. The summed E-state index contributed by atoms with van der Waals surface area (Å²) in [5, 5.41) is 10.7. The molecule has 0 atom stereocenters. The minimum Gasteiger partial charge on any atom is -0.389 e. The number of nitrogens with two attached hydrogens (primary N) is 1. The fourth-order valence-electron chi connectivity index (χ4n) is 5.19. The highest BCUT2D eigenvalue weighted by atomic mass is 32.1. The van der Waals surface area contributed by atoms with Gasteiger partial charge < -0.3 is 20.3 Å². The van der Waals surface area contributed by atoms with Crippen LogP contribution in [0.15, 0.2) is 37.4 Å². The maximum Gasteiger partial charge on any atom is 0.226 e. The molecule has 0 bridgehead atoms. The van der Waals surface area contributed by atoms with Gasteiger partial charge in [0.25, 0.3) is 0 Å². The van der Waals surface area contributed by atoms with Crippen LogP contribution >= 0.6 is 11.3 Å². The monoisotopic (exact) mass is 545 g/mol. The molecule has 8 nitrogen and oxygen atoms in total. The number of aromatic nitrogens is 3. The Balaban J connectivity index is 1.44. The number of nitrogens with zero attached hydrogens (tertiary/aromatic N) is 6. The van der Waals surface area contributed by atoms with E-state index in [4.69, 9.17) is 10.5 Å². The summed E-state index contributed by atoms with van der Waals surface area (Å²) in [5.41, 5.74) is 7.89. The Hall–Kier alpha value is -4.14. The van der Waals surface area contributed by atoms with Crippen LogP contribution in [0.5, 0.6) is 0 Å². The van der Waals surface area contributed by atoms with Gasteiger partial charge in [0.05, 0.1) is 41.4 Å². The molecule has 0 spiro atoms. The molecule has 6 rings (SSSR count). The molecule has 0 aliphatic carbocycles. The van der Waals surface area contributed by atoms with Crippen molar-refractivity contribution in [2.24, 2.45) is 0 Å². The SMILES string of the molecule is C=CN(/C=C\CCC)C1CN(c2ncc3c4c(c(-c5ncc(F)c6sc(N)c(C#N)c56)c(F)c3n2)COC4)C1. The van der Waals surface area contributed by atoms with E-state index in [2.05, 4.69) is 39.4 Å². The van der Waals surface area contributed by atoms with E-state index in [0.717, 1.165) is 35.9 Å². The van der Waals surface area contributed by atoms with E-state index >= 15 is 4.39 Å². The van der Waals surface area contributed by atoms with Crippen molar-refractivity contribution in [3.63, 3.8) is 0 Å². The summed E-state index contributed by atoms with van der Waals surface area (Å²) >= 11 is 0.947. The Labute approximate surface area is 227 Å². The number of ether oxygens (including phenoxy) is 1. The van der Waals surface area contributed by atoms with Crippen molar-refractivity contribution in [3.05, 3.63) is 65.8 Å². The molecule has 1 aromatic carbocycles. The van der Waals surface area contributed by atoms with Crippen LogP contribution in [0.4, 0.5) is 19.7 Å². The second-order valence-electron chi connectivity index (χ2n) is 9.55. The van der Waals surface area contributed by atoms with Gasteiger partial charge >= 0.3 is 0 Å². The number of anilines is 2. The molecule has 2 N–H and O–H groups in total. The number of benzene rings is 1. The Morgan fingerprint density at radius 1 is 1.28 bits per heavy atom. The molecule has 0 radical (unpaired) electrons. The van der Waals surface area contributed by atoms with Crippen LogP contribution < -0.4 is 10.6 Å². The van der Waals surface area contributed by atoms with Crippen LogP contribution in [0.3, 0.4) is 0 Å². The molecule has 4 aromatic rings. The van der Waals surface area contributed by atoms with Crippen LogP contribution in [0.1, 0.15) is 36.5 Å². The predicted octanol–water partition coefficient (Wildman–Crippen LogP) is 5.62. The number of rotatable bonds is 7. The number of halogens is 2. The van der Waals surface area contributed by atoms with Gasteiger partial charge in [-0.15, -0.1) is 11.3 Å². The predicted molar refractivity (Wildman–Crippen MR) is 148 cm³/mol. The number of unbranched alkanes of at least 4 members (excludes halogenated alkanes) is 1. The van der Waals surface area contributed by atoms with Gasteiger partial charge in [-0.1, -0.05) is 26.0 Å². The summed E-state index contributed by atoms with van der Waals surface area (Å²) in [6, 6.07) is 2.25. The van der Waals surface area contributed by atoms with Gasteiger partial charge in [-0.25, -0.2) is 18.7 Å². The van der Waals surface area contributed by atoms with Crippen molar-refractivity contribution in [2.75, 3.05) is 23.7 Å². The van der Waals surface area contributed by atoms with Crippen LogP contribution in [0.25, 0.3) is 32.2 Å². The maximum absolute atomic E-state index is 16.4. The lowest BCUT2D eigenvalue weighted by Gasteiger charge is -2.43. The summed E-state index contributed by atoms with van der Waals surface area (Å²) in [7, 11) is 0. The van der Waals surface area contributed by atoms with Gasteiger partial charge in [0.15, 0.2) is 11.6 Å². The van der Waals surface area contributed by atoms with Crippen LogP contribution in [0.2, 0.25) is 0 Å². The summed E-state index contributed by atoms with van der Waals surface area (Å²) in [4.78, 5) is 17.5. The number of allylic oxidation sites excluding steroid dienone is 1. The van der Waals surface area contributed by atoms with Crippen molar-refractivity contribution in [1.82, 2.24) is 19.9 Å². The number of hydrogen-bond acceptors (Lipinski definition) is 9. The lowest BCUT2D eigenvalue weighted by molar-refractivity contribution is 0.135. The van der Waals surface area contributed by atoms with Gasteiger partial charge in [-0.05, 0) is 29.9 Å². The van der Waals surface area contributed by atoms with Crippen LogP contribution in [-0.4, -0.2) is 39.0 Å². The largest absolute Gasteiger partial charge is 0.389 e. The van der Waals surface area contributed by atoms with E-state index in [1.54, 1.807) is 12.4 Å². The fourth-order valence-corrected chi connectivity index (χ4v) is 6.11. The van der Waals surface area contributed by atoms with E-state index in [1.165, 1.54) is 0 Å². The topological polar surface area (TPSA) is 104 Å². The third-order valence-corrected chi connectivity index (χ3v) is 8.27. The third-order valence-electron chi connectivity index (χ3n) is 7.24. The van der Waals surface area contributed by atoms with Crippen molar-refractivity contribution in [1.29, 1.82) is 5.26 Å². The minimum absolute atomic E-state index is 0.0823. The average molecular weight is 546 g/mol. The molecule has 0 unspecified atom stereocenters. The molecule has 3 aromatic heterocycles. The second kappa shape index (κ2) is 9.87. The Bertz CT molecular complexity index is 1700. The van der Waals surface area contributed by atoms with Crippen molar-refractivity contribution in [3.8, 4) is 17.3 Å². The zero-order valence-electron chi connectivity index (χ0n) is 21.2. The number of nitrogen functional groups attached to an aromatic ring is 1. The van der Waals surface area contributed by atoms with Gasteiger partial charge in [0.1, 0.15) is 16.6 Å². The summed E-state index contributed by atoms with van der Waals surface area (Å²) in [6.07, 6.45) is 10.7. The molecular formula is C28H25F2N7OS. The van der Waals surface area contributed by atoms with Crippen LogP contribution in [-0.2, 0) is 18.0 Å². The van der Waals surface area contributed by atoms with Crippen LogP contribution in [0, 0.1) is 23.0 Å². The summed E-state index contributed by atoms with van der Waals surface area (Å²) in [6.45, 7) is 7.78. The zero-order valence-corrected chi connectivity index (χ0v) is 22.1. The van der Waals surface area contributed by atoms with E-state index in [9.17, 15) is 9.65 Å². The Morgan fingerprint density at radius 3 is 2.82 bits per heavy atom. The lowest BCUT2D eigenvalue weighted by atomic mass is 9.94. The zero-order chi connectivity index (χ0) is 27.3. The molecule has 2 aliphatic rings. The summed E-state index contributed by atoms with van der Waals surface area (Å²) < 4.78 is 37.0. The quantitative estimate of drug-likeness (QED) is 0.319. The molecule has 5 heterocycles. The number of hydrogen-bond donors (Lipinski definition) is 1. The molecule has 0 saturated carbocycles. The normalized spacial score (nSPS) is 15.2. The Morgan fingerprint density at radius 2 is 2.08 bits per heavy atom. The molecule has 198 valence electrons. The minimum atomic E-state index is -0.615. The number of pyridine rings is 1. The second-order valence-corrected chi connectivity index (χ2v) is 10.6. The molecule has 1 fully saturated rings. The average Bonchev–Trinajstić information content (AvgIpc) is 3.53. The van der Waals surface area contributed by atoms with Crippen molar-refractivity contribution < 1.29 is 13.5 Å². The molecule has 1 saturated heterocycles. The fraction of sp³-hybridized carbons (Fsp3) is 0.286. The van der Waals surface area contributed by atoms with Crippen molar-refractivity contribution in [2.45, 2.75) is 39.0 Å². The summed E-state index contributed by atoms with van der Waals surface area (Å²) in [5.74, 6) is -0.811. The van der Waals surface area contributed by atoms with E-state index in [0.29, 0.717) is 30.0 Å². The van der Waals surface area contributed by atoms with Crippen molar-refractivity contribution >= 4 is 43.3 Å². The number of nitriles is 1. The van der Waals surface area contributed by atoms with E-state index < -0.39 is 11.6 Å². The highest BCUT2D eigenvalue weighted by Gasteiger charge is 2.33. The molecule has 11 heteroatoms. The highest BCUT2D eigenvalue weighted by molar-refractivity contribution is 7.23. The first-order chi connectivity index (χ1) is 19.0. The maximum atomic E-state index is 16.4. The standard InChI is InChI=1S/C28H25F2N7OS/c1-3-5-6-7-36(4-2)15-11-37(12-15)28-34-9-17-18-13-38-14-19(18)21(23(30)24(17)35-28)25-22-16(8-31)27(32)39-26(22)20(29)10-33-25/h4,6-7,9-10,15H,2-3,5,11-14,32H2,1H3/b7-6-. The van der Waals surface area contributed by atoms with Gasteiger partial charge in [-0.2, -0.15) is 5.26 Å². The Kier molecular flexibility index (Phi) is 6.37. The first-order valence-corrected chi connectivity index (χ1v) is 13.4. The third kappa shape index (κ3) is 3.99. The highest BCUT2D eigenvalue weighted by Crippen LogP contribution is 2.45. The first-order valence-electron chi connectivity index (χ1n) is 12.6. The number of thiophene rings is 1. The smallest absolute Gasteiger partial charge is 0.226 e. The van der Waals surface area contributed by atoms with E-state index in [-0.39, 0.29) is 56.7 Å².